The van der Waals surface area contributed by atoms with E-state index in [0.717, 1.165) is 12.1 Å². The molecule has 1 aromatic heterocycles. The molecular weight excluding hydrogens is 363 g/mol. The van der Waals surface area contributed by atoms with Crippen LogP contribution in [0.15, 0.2) is 40.7 Å². The molecule has 27 heavy (non-hydrogen) atoms. The molecule has 0 amide bonds. The Hall–Kier alpha value is -3.01. The molecule has 0 saturated carbocycles. The van der Waals surface area contributed by atoms with Crippen molar-refractivity contribution in [3.05, 3.63) is 47.5 Å². The molecule has 0 aliphatic carbocycles. The van der Waals surface area contributed by atoms with Crippen LogP contribution in [0, 0.1) is 5.82 Å². The van der Waals surface area contributed by atoms with Crippen molar-refractivity contribution in [2.45, 2.75) is 25.9 Å². The van der Waals surface area contributed by atoms with Crippen LogP contribution < -0.4 is 10.6 Å². The highest BCUT2D eigenvalue weighted by molar-refractivity contribution is 6.31. The average molecular weight is 381 g/mol. The summed E-state index contributed by atoms with van der Waals surface area (Å²) in [6.45, 7) is 2.04. The van der Waals surface area contributed by atoms with Gasteiger partial charge in [0.25, 0.3) is 5.92 Å². The van der Waals surface area contributed by atoms with Crippen LogP contribution in [0.3, 0.4) is 0 Å². The van der Waals surface area contributed by atoms with Crippen LogP contribution >= 0.6 is 0 Å². The van der Waals surface area contributed by atoms with Crippen molar-refractivity contribution < 1.29 is 23.0 Å². The predicted molar refractivity (Wildman–Crippen MR) is 93.9 cm³/mol. The van der Waals surface area contributed by atoms with Crippen LogP contribution in [0.5, 0.6) is 6.01 Å². The van der Waals surface area contributed by atoms with E-state index in [-0.39, 0.29) is 24.0 Å². The zero-order valence-corrected chi connectivity index (χ0v) is 14.6. The molecule has 1 unspecified atom stereocenters. The molecule has 0 aliphatic heterocycles. The van der Waals surface area contributed by atoms with Gasteiger partial charge >= 0.3 is 6.01 Å². The smallest absolute Gasteiger partial charge is 0.316 e. The number of rotatable bonds is 7. The highest BCUT2D eigenvalue weighted by Crippen LogP contribution is 2.31. The largest absolute Gasteiger partial charge is 0.457 e. The Labute approximate surface area is 153 Å². The summed E-state index contributed by atoms with van der Waals surface area (Å²) in [7, 11) is 0. The van der Waals surface area contributed by atoms with Gasteiger partial charge in [-0.2, -0.15) is 5.10 Å². The van der Waals surface area contributed by atoms with Crippen molar-refractivity contribution in [2.75, 3.05) is 6.61 Å². The predicted octanol–water partition coefficient (Wildman–Crippen LogP) is 2.88. The van der Waals surface area contributed by atoms with E-state index in [0.29, 0.717) is 12.5 Å². The first-order valence-electron chi connectivity index (χ1n) is 7.82. The van der Waals surface area contributed by atoms with Crippen molar-refractivity contribution >= 4 is 17.6 Å². The maximum absolute atomic E-state index is 13.5. The first-order valence-corrected chi connectivity index (χ1v) is 7.82. The van der Waals surface area contributed by atoms with Gasteiger partial charge in [-0.1, -0.05) is 0 Å². The number of ether oxygens (including phenoxy) is 1. The molecule has 10 heteroatoms. The monoisotopic (exact) mass is 381 g/mol. The van der Waals surface area contributed by atoms with E-state index in [1.807, 2.05) is 0 Å². The number of aliphatic imine (C=N–C) groups is 1. The fourth-order valence-corrected chi connectivity index (χ4v) is 1.94. The first-order chi connectivity index (χ1) is 12.7. The summed E-state index contributed by atoms with van der Waals surface area (Å²) >= 11 is 0. The summed E-state index contributed by atoms with van der Waals surface area (Å²) < 4.78 is 45.5. The lowest BCUT2D eigenvalue weighted by molar-refractivity contribution is 0.0138. The molecule has 144 valence electrons. The maximum atomic E-state index is 13.5. The molecular formula is C17H18F3N5O2. The molecule has 0 spiro atoms. The number of halogens is 3. The molecule has 2 aromatic rings. The Morgan fingerprint density at radius 1 is 1.37 bits per heavy atom. The second-order valence-electron chi connectivity index (χ2n) is 5.69. The van der Waals surface area contributed by atoms with E-state index in [9.17, 15) is 18.3 Å². The van der Waals surface area contributed by atoms with Gasteiger partial charge in [-0.3, -0.25) is 4.99 Å². The summed E-state index contributed by atoms with van der Waals surface area (Å²) in [4.78, 5) is 11.8. The first kappa shape index (κ1) is 20.3. The molecule has 7 nitrogen and oxygen atoms in total. The molecule has 1 atom stereocenters. The van der Waals surface area contributed by atoms with Gasteiger partial charge in [-0.25, -0.2) is 23.1 Å². The van der Waals surface area contributed by atoms with E-state index in [4.69, 9.17) is 10.6 Å². The number of aliphatic hydroxyl groups excluding tert-OH is 1. The number of aromatic nitrogens is 2. The summed E-state index contributed by atoms with van der Waals surface area (Å²) in [6, 6.07) is 3.13. The van der Waals surface area contributed by atoms with Crippen LogP contribution in [-0.2, 0) is 5.92 Å². The van der Waals surface area contributed by atoms with Gasteiger partial charge in [0.1, 0.15) is 18.1 Å². The standard InChI is InChI=1S/C17H18F3N5O2/c1-10(26)11-6-23-16(24-7-11)27-9-13(25-21)8-22-12-3-4-15(18)14(5-12)17(2,19)20/h3-8,10,26H,9,21H2,1-2H3. The number of hydrogen-bond acceptors (Lipinski definition) is 7. The highest BCUT2D eigenvalue weighted by Gasteiger charge is 2.28. The maximum Gasteiger partial charge on any atom is 0.316 e. The Morgan fingerprint density at radius 2 is 2.04 bits per heavy atom. The van der Waals surface area contributed by atoms with Gasteiger partial charge in [0.15, 0.2) is 0 Å². The molecule has 0 bridgehead atoms. The van der Waals surface area contributed by atoms with Gasteiger partial charge in [0, 0.05) is 24.9 Å². The number of aliphatic hydroxyl groups is 1. The molecule has 0 fully saturated rings. The number of nitrogens with zero attached hydrogens (tertiary/aromatic N) is 4. The normalized spacial score (nSPS) is 13.8. The highest BCUT2D eigenvalue weighted by atomic mass is 19.3. The van der Waals surface area contributed by atoms with Crippen LogP contribution in [-0.4, -0.2) is 33.6 Å². The van der Waals surface area contributed by atoms with Crippen LogP contribution in [0.4, 0.5) is 18.9 Å². The van der Waals surface area contributed by atoms with Gasteiger partial charge in [-0.05, 0) is 25.1 Å². The van der Waals surface area contributed by atoms with Gasteiger partial charge in [0.2, 0.25) is 0 Å². The summed E-state index contributed by atoms with van der Waals surface area (Å²) in [5, 5.41) is 12.9. The fraction of sp³-hybridized carbons (Fsp3) is 0.294. The zero-order valence-electron chi connectivity index (χ0n) is 14.6. The molecule has 0 saturated heterocycles. The van der Waals surface area contributed by atoms with Crippen LogP contribution in [0.25, 0.3) is 0 Å². The van der Waals surface area contributed by atoms with Crippen LogP contribution in [0.1, 0.15) is 31.1 Å². The third-order valence-corrected chi connectivity index (χ3v) is 3.43. The second kappa shape index (κ2) is 8.58. The minimum Gasteiger partial charge on any atom is -0.457 e. The molecule has 3 N–H and O–H groups in total. The lowest BCUT2D eigenvalue weighted by atomic mass is 10.1. The summed E-state index contributed by atoms with van der Waals surface area (Å²) in [5.41, 5.74) is 0.0432. The molecule has 0 radical (unpaired) electrons. The Morgan fingerprint density at radius 3 is 2.59 bits per heavy atom. The lowest BCUT2D eigenvalue weighted by Crippen LogP contribution is -2.16. The van der Waals surface area contributed by atoms with E-state index < -0.39 is 23.4 Å². The van der Waals surface area contributed by atoms with E-state index in [1.54, 1.807) is 6.92 Å². The van der Waals surface area contributed by atoms with Gasteiger partial charge in [0.05, 0.1) is 23.6 Å². The molecule has 1 heterocycles. The van der Waals surface area contributed by atoms with Crippen molar-refractivity contribution in [3.63, 3.8) is 0 Å². The number of nitrogens with two attached hydrogens (primary N) is 1. The quantitative estimate of drug-likeness (QED) is 0.436. The molecule has 1 aromatic carbocycles. The SMILES string of the molecule is CC(O)c1cnc(OCC(C=Nc2ccc(F)c(C(C)(F)F)c2)=NN)nc1. The van der Waals surface area contributed by atoms with Crippen LogP contribution in [0.2, 0.25) is 0 Å². The van der Waals surface area contributed by atoms with Crippen molar-refractivity contribution in [1.29, 1.82) is 0 Å². The average Bonchev–Trinajstić information content (AvgIpc) is 2.62. The van der Waals surface area contributed by atoms with E-state index in [2.05, 4.69) is 20.1 Å². The lowest BCUT2D eigenvalue weighted by Gasteiger charge is -2.11. The zero-order chi connectivity index (χ0) is 20.0. The van der Waals surface area contributed by atoms with Crippen molar-refractivity contribution in [1.82, 2.24) is 9.97 Å². The second-order valence-corrected chi connectivity index (χ2v) is 5.69. The summed E-state index contributed by atoms with van der Waals surface area (Å²) in [6.07, 6.45) is 3.31. The van der Waals surface area contributed by atoms with Gasteiger partial charge < -0.3 is 15.7 Å². The number of alkyl halides is 2. The molecule has 0 aliphatic rings. The molecule has 2 rings (SSSR count). The van der Waals surface area contributed by atoms with Gasteiger partial charge in [-0.15, -0.1) is 0 Å². The van der Waals surface area contributed by atoms with E-state index >= 15 is 0 Å². The minimum atomic E-state index is -3.33. The summed E-state index contributed by atoms with van der Waals surface area (Å²) in [5.74, 6) is 0.899. The fourth-order valence-electron chi connectivity index (χ4n) is 1.94. The third kappa shape index (κ3) is 5.74. The third-order valence-electron chi connectivity index (χ3n) is 3.43. The minimum absolute atomic E-state index is 0.0312. The van der Waals surface area contributed by atoms with E-state index in [1.165, 1.54) is 24.7 Å². The van der Waals surface area contributed by atoms with Crippen molar-refractivity contribution in [3.8, 4) is 6.01 Å². The number of hydrazone groups is 1. The number of benzene rings is 1. The topological polar surface area (TPSA) is 106 Å². The number of hydrogen-bond donors (Lipinski definition) is 2. The van der Waals surface area contributed by atoms with Crippen molar-refractivity contribution in [2.24, 2.45) is 15.9 Å². The Kier molecular flexibility index (Phi) is 6.45. The Bertz CT molecular complexity index is 833. The Balaban J connectivity index is 2.04.